The first-order chi connectivity index (χ1) is 15.6. The van der Waals surface area contributed by atoms with E-state index < -0.39 is 0 Å². The third-order valence-electron chi connectivity index (χ3n) is 5.20. The predicted molar refractivity (Wildman–Crippen MR) is 133 cm³/mol. The summed E-state index contributed by atoms with van der Waals surface area (Å²) in [6, 6.07) is 25.2. The smallest absolute Gasteiger partial charge is 0.139 e. The molecule has 1 aromatic heterocycles. The summed E-state index contributed by atoms with van der Waals surface area (Å²) in [6.45, 7) is 0.246. The van der Waals surface area contributed by atoms with Gasteiger partial charge in [-0.15, -0.1) is 11.3 Å². The summed E-state index contributed by atoms with van der Waals surface area (Å²) in [6.07, 6.45) is 0. The highest BCUT2D eigenvalue weighted by molar-refractivity contribution is 7.11. The number of para-hydroxylation sites is 1. The van der Waals surface area contributed by atoms with Crippen LogP contribution in [0.2, 0.25) is 5.02 Å². The van der Waals surface area contributed by atoms with E-state index in [0.717, 1.165) is 28.3 Å². The van der Waals surface area contributed by atoms with Crippen molar-refractivity contribution in [3.63, 3.8) is 0 Å². The van der Waals surface area contributed by atoms with E-state index in [2.05, 4.69) is 10.3 Å². The van der Waals surface area contributed by atoms with Crippen LogP contribution in [0.15, 0.2) is 90.0 Å². The number of rotatable bonds is 5. The number of aliphatic hydroxyl groups is 1. The Labute approximate surface area is 194 Å². The molecule has 0 unspecified atom stereocenters. The molecule has 1 aliphatic heterocycles. The fourth-order valence-corrected chi connectivity index (χ4v) is 4.60. The molecule has 4 aromatic rings. The maximum Gasteiger partial charge on any atom is 0.139 e. The standard InChI is InChI=1S/C25H19ClN4OS/c26-17-8-6-16(7-9-17)21-15-32-25(29-21)23-22(31)14-30(24(23)27)20-12-10-19(11-13-20)28-18-4-2-1-3-5-18/h1-13,15,27-28,31H,14H2. The average molecular weight is 459 g/mol. The Bertz CT molecular complexity index is 1300. The van der Waals surface area contributed by atoms with Crippen LogP contribution in [-0.2, 0) is 0 Å². The van der Waals surface area contributed by atoms with Crippen molar-refractivity contribution in [3.8, 4) is 11.3 Å². The van der Waals surface area contributed by atoms with Gasteiger partial charge in [-0.05, 0) is 48.5 Å². The Morgan fingerprint density at radius 3 is 2.34 bits per heavy atom. The number of thiazole rings is 1. The van der Waals surface area contributed by atoms with E-state index in [1.165, 1.54) is 11.3 Å². The fraction of sp³-hybridized carbons (Fsp3) is 0.0400. The molecule has 0 atom stereocenters. The molecule has 0 saturated carbocycles. The van der Waals surface area contributed by atoms with Gasteiger partial charge in [-0.3, -0.25) is 5.41 Å². The lowest BCUT2D eigenvalue weighted by molar-refractivity contribution is 0.411. The van der Waals surface area contributed by atoms with Crippen LogP contribution in [0.3, 0.4) is 0 Å². The van der Waals surface area contributed by atoms with E-state index in [1.807, 2.05) is 84.2 Å². The van der Waals surface area contributed by atoms with Crippen LogP contribution in [0.1, 0.15) is 5.01 Å². The van der Waals surface area contributed by atoms with Gasteiger partial charge in [0.15, 0.2) is 0 Å². The Hall–Kier alpha value is -3.61. The van der Waals surface area contributed by atoms with Gasteiger partial charge < -0.3 is 15.3 Å². The number of halogens is 1. The number of amidine groups is 1. The van der Waals surface area contributed by atoms with Crippen LogP contribution in [0.5, 0.6) is 0 Å². The second kappa shape index (κ2) is 8.49. The first-order valence-corrected chi connectivity index (χ1v) is 11.3. The van der Waals surface area contributed by atoms with Crippen molar-refractivity contribution in [1.29, 1.82) is 5.41 Å². The minimum atomic E-state index is 0.151. The summed E-state index contributed by atoms with van der Waals surface area (Å²) in [7, 11) is 0. The van der Waals surface area contributed by atoms with Gasteiger partial charge in [0, 0.05) is 33.0 Å². The maximum absolute atomic E-state index is 10.6. The molecule has 0 spiro atoms. The van der Waals surface area contributed by atoms with Gasteiger partial charge in [-0.1, -0.05) is 41.9 Å². The molecule has 0 saturated heterocycles. The Morgan fingerprint density at radius 1 is 0.938 bits per heavy atom. The molecule has 5 rings (SSSR count). The van der Waals surface area contributed by atoms with E-state index in [4.69, 9.17) is 17.0 Å². The maximum atomic E-state index is 10.6. The van der Waals surface area contributed by atoms with E-state index in [1.54, 1.807) is 4.90 Å². The summed E-state index contributed by atoms with van der Waals surface area (Å²) in [5.41, 5.74) is 5.02. The summed E-state index contributed by atoms with van der Waals surface area (Å²) >= 11 is 7.39. The van der Waals surface area contributed by atoms with Gasteiger partial charge in [-0.25, -0.2) is 4.98 Å². The molecule has 0 bridgehead atoms. The number of nitrogens with zero attached hydrogens (tertiary/aromatic N) is 2. The summed E-state index contributed by atoms with van der Waals surface area (Å²) in [5.74, 6) is 0.391. The van der Waals surface area contributed by atoms with Crippen LogP contribution in [0.4, 0.5) is 17.1 Å². The average Bonchev–Trinajstić information content (AvgIpc) is 3.40. The molecular weight excluding hydrogens is 440 g/mol. The SMILES string of the molecule is N=C1C(c2nc(-c3ccc(Cl)cc3)cs2)=C(O)CN1c1ccc(Nc2ccccc2)cc1. The molecule has 2 heterocycles. The Morgan fingerprint density at radius 2 is 1.62 bits per heavy atom. The topological polar surface area (TPSA) is 72.2 Å². The molecule has 1 aliphatic rings. The van der Waals surface area contributed by atoms with Gasteiger partial charge in [0.25, 0.3) is 0 Å². The van der Waals surface area contributed by atoms with Crippen LogP contribution < -0.4 is 10.2 Å². The summed E-state index contributed by atoms with van der Waals surface area (Å²) in [4.78, 5) is 6.44. The molecule has 7 heteroatoms. The molecule has 0 radical (unpaired) electrons. The normalized spacial score (nSPS) is 13.7. The number of hydrogen-bond donors (Lipinski definition) is 3. The highest BCUT2D eigenvalue weighted by Crippen LogP contribution is 2.35. The zero-order chi connectivity index (χ0) is 22.1. The molecule has 158 valence electrons. The van der Waals surface area contributed by atoms with Crippen molar-refractivity contribution >= 4 is 51.4 Å². The fourth-order valence-electron chi connectivity index (χ4n) is 3.58. The monoisotopic (exact) mass is 458 g/mol. The van der Waals surface area contributed by atoms with E-state index >= 15 is 0 Å². The lowest BCUT2D eigenvalue weighted by Gasteiger charge is -2.19. The second-order valence-corrected chi connectivity index (χ2v) is 8.63. The molecule has 0 amide bonds. The van der Waals surface area contributed by atoms with Crippen molar-refractivity contribution in [3.05, 3.63) is 100 Å². The lowest BCUT2D eigenvalue weighted by Crippen LogP contribution is -2.25. The molecule has 5 nitrogen and oxygen atoms in total. The van der Waals surface area contributed by atoms with Gasteiger partial charge in [-0.2, -0.15) is 0 Å². The first kappa shape index (κ1) is 20.3. The number of nitrogens with one attached hydrogen (secondary N) is 2. The number of benzene rings is 3. The number of aromatic nitrogens is 1. The third kappa shape index (κ3) is 3.98. The van der Waals surface area contributed by atoms with Crippen molar-refractivity contribution < 1.29 is 5.11 Å². The van der Waals surface area contributed by atoms with Crippen LogP contribution in [0.25, 0.3) is 16.8 Å². The largest absolute Gasteiger partial charge is 0.510 e. The number of hydrogen-bond acceptors (Lipinski definition) is 5. The van der Waals surface area contributed by atoms with E-state index in [9.17, 15) is 5.11 Å². The van der Waals surface area contributed by atoms with Crippen molar-refractivity contribution in [2.24, 2.45) is 0 Å². The van der Waals surface area contributed by atoms with Gasteiger partial charge in [0.05, 0.1) is 17.8 Å². The Kier molecular flexibility index (Phi) is 5.39. The van der Waals surface area contributed by atoms with Crippen molar-refractivity contribution in [1.82, 2.24) is 4.98 Å². The third-order valence-corrected chi connectivity index (χ3v) is 6.31. The zero-order valence-electron chi connectivity index (χ0n) is 16.9. The van der Waals surface area contributed by atoms with Crippen molar-refractivity contribution in [2.75, 3.05) is 16.8 Å². The molecule has 0 fully saturated rings. The van der Waals surface area contributed by atoms with Crippen LogP contribution in [0, 0.1) is 5.41 Å². The minimum absolute atomic E-state index is 0.151. The molecule has 32 heavy (non-hydrogen) atoms. The van der Waals surface area contributed by atoms with Crippen molar-refractivity contribution in [2.45, 2.75) is 0 Å². The molecule has 3 N–H and O–H groups in total. The highest BCUT2D eigenvalue weighted by atomic mass is 35.5. The van der Waals surface area contributed by atoms with Gasteiger partial charge >= 0.3 is 0 Å². The first-order valence-electron chi connectivity index (χ1n) is 10.0. The van der Waals surface area contributed by atoms with Crippen LogP contribution >= 0.6 is 22.9 Å². The quantitative estimate of drug-likeness (QED) is 0.302. The number of aliphatic hydroxyl groups excluding tert-OH is 1. The summed E-state index contributed by atoms with van der Waals surface area (Å²) in [5, 5.41) is 25.9. The highest BCUT2D eigenvalue weighted by Gasteiger charge is 2.31. The lowest BCUT2D eigenvalue weighted by atomic mass is 10.2. The number of anilines is 3. The van der Waals surface area contributed by atoms with Gasteiger partial charge in [0.2, 0.25) is 0 Å². The minimum Gasteiger partial charge on any atom is -0.510 e. The van der Waals surface area contributed by atoms with E-state index in [-0.39, 0.29) is 18.1 Å². The molecule has 3 aromatic carbocycles. The molecule has 0 aliphatic carbocycles. The molecular formula is C25H19ClN4OS. The van der Waals surface area contributed by atoms with Crippen LogP contribution in [-0.4, -0.2) is 22.5 Å². The van der Waals surface area contributed by atoms with Gasteiger partial charge in [0.1, 0.15) is 16.6 Å². The second-order valence-electron chi connectivity index (χ2n) is 7.34. The summed E-state index contributed by atoms with van der Waals surface area (Å²) < 4.78 is 0. The Balaban J connectivity index is 1.34. The van der Waals surface area contributed by atoms with E-state index in [0.29, 0.717) is 15.6 Å². The predicted octanol–water partition coefficient (Wildman–Crippen LogP) is 6.97. The zero-order valence-corrected chi connectivity index (χ0v) is 18.5.